The van der Waals surface area contributed by atoms with Crippen LogP contribution in [-0.4, -0.2) is 20.2 Å². The average Bonchev–Trinajstić information content (AvgIpc) is 2.70. The van der Waals surface area contributed by atoms with Crippen molar-refractivity contribution in [3.63, 3.8) is 0 Å². The molecule has 3 aromatic rings. The summed E-state index contributed by atoms with van der Waals surface area (Å²) in [7, 11) is 0. The average molecular weight is 319 g/mol. The zero-order valence-corrected chi connectivity index (χ0v) is 11.5. The number of aromatic amines is 1. The van der Waals surface area contributed by atoms with Crippen molar-refractivity contribution in [3.8, 4) is 11.5 Å². The van der Waals surface area contributed by atoms with Crippen molar-refractivity contribution in [2.24, 2.45) is 0 Å². The van der Waals surface area contributed by atoms with Gasteiger partial charge in [0.15, 0.2) is 0 Å². The Labute approximate surface area is 117 Å². The second-order valence-corrected chi connectivity index (χ2v) is 5.31. The smallest absolute Gasteiger partial charge is 0.137 e. The molecule has 0 spiro atoms. The summed E-state index contributed by atoms with van der Waals surface area (Å²) in [5.41, 5.74) is 2.73. The summed E-state index contributed by atoms with van der Waals surface area (Å²) in [6.45, 7) is 0. The highest BCUT2D eigenvalue weighted by Gasteiger charge is 2.07. The number of H-pyrrole nitrogens is 1. The number of aromatic nitrogens is 2. The van der Waals surface area contributed by atoms with Crippen molar-refractivity contribution in [2.45, 2.75) is 6.42 Å². The highest BCUT2D eigenvalue weighted by atomic mass is 79.9. The van der Waals surface area contributed by atoms with E-state index in [0.29, 0.717) is 6.42 Å². The summed E-state index contributed by atoms with van der Waals surface area (Å²) in [6.07, 6.45) is 4.24. The zero-order chi connectivity index (χ0) is 13.4. The van der Waals surface area contributed by atoms with Gasteiger partial charge in [0.1, 0.15) is 17.1 Å². The lowest BCUT2D eigenvalue weighted by Gasteiger charge is -2.03. The van der Waals surface area contributed by atoms with E-state index in [-0.39, 0.29) is 11.5 Å². The molecule has 0 bridgehead atoms. The van der Waals surface area contributed by atoms with Crippen molar-refractivity contribution < 1.29 is 10.2 Å². The van der Waals surface area contributed by atoms with E-state index in [1.54, 1.807) is 18.3 Å². The van der Waals surface area contributed by atoms with Gasteiger partial charge >= 0.3 is 0 Å². The van der Waals surface area contributed by atoms with E-state index in [9.17, 15) is 10.2 Å². The molecule has 4 nitrogen and oxygen atoms in total. The molecule has 2 aromatic heterocycles. The number of fused-ring (bicyclic) bond motifs is 1. The molecule has 2 heterocycles. The molecule has 0 aliphatic rings. The van der Waals surface area contributed by atoms with Crippen LogP contribution in [0.3, 0.4) is 0 Å². The molecule has 19 heavy (non-hydrogen) atoms. The number of hydrogen-bond donors (Lipinski definition) is 3. The molecule has 96 valence electrons. The Hall–Kier alpha value is -2.01. The Bertz CT molecular complexity index is 732. The number of phenols is 2. The van der Waals surface area contributed by atoms with Crippen LogP contribution in [0.25, 0.3) is 11.0 Å². The van der Waals surface area contributed by atoms with Crippen LogP contribution in [0.5, 0.6) is 11.5 Å². The Morgan fingerprint density at radius 2 is 1.84 bits per heavy atom. The van der Waals surface area contributed by atoms with Crippen LogP contribution in [-0.2, 0) is 6.42 Å². The number of hydrogen-bond acceptors (Lipinski definition) is 3. The van der Waals surface area contributed by atoms with E-state index in [0.717, 1.165) is 26.6 Å². The number of aromatic hydroxyl groups is 2. The van der Waals surface area contributed by atoms with Crippen molar-refractivity contribution >= 4 is 27.0 Å². The van der Waals surface area contributed by atoms with Crippen LogP contribution in [0.4, 0.5) is 0 Å². The van der Waals surface area contributed by atoms with Gasteiger partial charge < -0.3 is 15.2 Å². The molecule has 1 aromatic carbocycles. The maximum atomic E-state index is 9.49. The second-order valence-electron chi connectivity index (χ2n) is 4.40. The fourth-order valence-electron chi connectivity index (χ4n) is 2.16. The first-order valence-corrected chi connectivity index (χ1v) is 6.54. The molecule has 0 unspecified atom stereocenters. The van der Waals surface area contributed by atoms with E-state index >= 15 is 0 Å². The van der Waals surface area contributed by atoms with Gasteiger partial charge in [-0.1, -0.05) is 0 Å². The quantitative estimate of drug-likeness (QED) is 0.678. The normalized spacial score (nSPS) is 11.0. The topological polar surface area (TPSA) is 69.1 Å². The van der Waals surface area contributed by atoms with Crippen LogP contribution in [0.2, 0.25) is 0 Å². The van der Waals surface area contributed by atoms with Crippen molar-refractivity contribution in [1.82, 2.24) is 9.97 Å². The fourth-order valence-corrected chi connectivity index (χ4v) is 2.49. The molecule has 0 saturated heterocycles. The number of rotatable bonds is 2. The maximum absolute atomic E-state index is 9.49. The molecule has 0 amide bonds. The van der Waals surface area contributed by atoms with Crippen LogP contribution < -0.4 is 0 Å². The minimum absolute atomic E-state index is 0.0640. The van der Waals surface area contributed by atoms with E-state index in [4.69, 9.17) is 0 Å². The predicted molar refractivity (Wildman–Crippen MR) is 76.4 cm³/mol. The molecule has 0 radical (unpaired) electrons. The van der Waals surface area contributed by atoms with Gasteiger partial charge in [0.2, 0.25) is 0 Å². The Kier molecular flexibility index (Phi) is 2.91. The molecule has 0 fully saturated rings. The Balaban J connectivity index is 2.03. The lowest BCUT2D eigenvalue weighted by Crippen LogP contribution is -1.87. The first-order chi connectivity index (χ1) is 9.11. The second kappa shape index (κ2) is 4.59. The number of nitrogens with zero attached hydrogens (tertiary/aromatic N) is 1. The summed E-state index contributed by atoms with van der Waals surface area (Å²) < 4.78 is 0.916. The summed E-state index contributed by atoms with van der Waals surface area (Å²) in [4.78, 5) is 7.38. The third-order valence-corrected chi connectivity index (χ3v) is 3.37. The molecule has 0 saturated carbocycles. The van der Waals surface area contributed by atoms with Gasteiger partial charge in [0.25, 0.3) is 0 Å². The molecule has 0 aliphatic heterocycles. The molecule has 0 atom stereocenters. The molecule has 5 heteroatoms. The Morgan fingerprint density at radius 1 is 1.11 bits per heavy atom. The van der Waals surface area contributed by atoms with Crippen LogP contribution in [0.1, 0.15) is 11.1 Å². The summed E-state index contributed by atoms with van der Waals surface area (Å²) in [5.74, 6) is 0.128. The van der Waals surface area contributed by atoms with Crippen LogP contribution in [0, 0.1) is 0 Å². The highest BCUT2D eigenvalue weighted by molar-refractivity contribution is 9.10. The monoisotopic (exact) mass is 318 g/mol. The number of benzene rings is 1. The number of nitrogens with one attached hydrogen (secondary N) is 1. The highest BCUT2D eigenvalue weighted by Crippen LogP contribution is 2.26. The first-order valence-electron chi connectivity index (χ1n) is 5.75. The third-order valence-electron chi connectivity index (χ3n) is 2.94. The van der Waals surface area contributed by atoms with E-state index < -0.39 is 0 Å². The van der Waals surface area contributed by atoms with Crippen LogP contribution in [0.15, 0.2) is 41.1 Å². The van der Waals surface area contributed by atoms with Gasteiger partial charge in [-0.05, 0) is 51.7 Å². The SMILES string of the molecule is Oc1cc(O)cc(Cc2c[nH]c3ncc(Br)cc23)c1. The molecular formula is C14H11BrN2O2. The lowest BCUT2D eigenvalue weighted by molar-refractivity contribution is 0.449. The summed E-state index contributed by atoms with van der Waals surface area (Å²) >= 11 is 3.40. The first kappa shape index (κ1) is 12.0. The molecular weight excluding hydrogens is 308 g/mol. The minimum atomic E-state index is 0.0640. The standard InChI is InChI=1S/C14H11BrN2O2/c15-10-4-13-9(6-16-14(13)17-7-10)1-8-2-11(18)5-12(19)3-8/h2-7,18-19H,1H2,(H,16,17). The van der Waals surface area contributed by atoms with Gasteiger partial charge in [-0.2, -0.15) is 0 Å². The molecule has 0 aliphatic carbocycles. The van der Waals surface area contributed by atoms with E-state index in [1.807, 2.05) is 12.3 Å². The van der Waals surface area contributed by atoms with Gasteiger partial charge in [-0.25, -0.2) is 4.98 Å². The molecule has 3 rings (SSSR count). The summed E-state index contributed by atoms with van der Waals surface area (Å²) in [6, 6.07) is 6.60. The van der Waals surface area contributed by atoms with Gasteiger partial charge in [0, 0.05) is 28.3 Å². The fraction of sp³-hybridized carbons (Fsp3) is 0.0714. The summed E-state index contributed by atoms with van der Waals surface area (Å²) in [5, 5.41) is 20.0. The van der Waals surface area contributed by atoms with Crippen LogP contribution >= 0.6 is 15.9 Å². The Morgan fingerprint density at radius 3 is 2.58 bits per heavy atom. The minimum Gasteiger partial charge on any atom is -0.508 e. The van der Waals surface area contributed by atoms with E-state index in [2.05, 4.69) is 25.9 Å². The number of phenolic OH excluding ortho intramolecular Hbond substituents is 2. The largest absolute Gasteiger partial charge is 0.508 e. The van der Waals surface area contributed by atoms with E-state index in [1.165, 1.54) is 6.07 Å². The zero-order valence-electron chi connectivity index (χ0n) is 9.89. The van der Waals surface area contributed by atoms with Crippen molar-refractivity contribution in [2.75, 3.05) is 0 Å². The maximum Gasteiger partial charge on any atom is 0.137 e. The van der Waals surface area contributed by atoms with Gasteiger partial charge in [-0.3, -0.25) is 0 Å². The lowest BCUT2D eigenvalue weighted by atomic mass is 10.0. The van der Waals surface area contributed by atoms with Gasteiger partial charge in [-0.15, -0.1) is 0 Å². The number of pyridine rings is 1. The third kappa shape index (κ3) is 2.42. The van der Waals surface area contributed by atoms with Crippen molar-refractivity contribution in [3.05, 3.63) is 52.3 Å². The number of halogens is 1. The van der Waals surface area contributed by atoms with Crippen molar-refractivity contribution in [1.29, 1.82) is 0 Å². The van der Waals surface area contributed by atoms with Gasteiger partial charge in [0.05, 0.1) is 0 Å². The predicted octanol–water partition coefficient (Wildman–Crippen LogP) is 3.33. The molecule has 3 N–H and O–H groups in total.